The highest BCUT2D eigenvalue weighted by atomic mass is 16.3. The summed E-state index contributed by atoms with van der Waals surface area (Å²) in [6.45, 7) is 0. The molecule has 1 N–H and O–H groups in total. The largest absolute Gasteiger partial charge is 0.464 e. The number of H-pyrrole nitrogens is 1. The van der Waals surface area contributed by atoms with E-state index in [1.54, 1.807) is 6.26 Å². The first-order valence-electron chi connectivity index (χ1n) is 5.13. The molecule has 0 saturated heterocycles. The first kappa shape index (κ1) is 9.60. The zero-order valence-electron chi connectivity index (χ0n) is 8.84. The number of aromatic amines is 1. The van der Waals surface area contributed by atoms with Gasteiger partial charge in [0.2, 0.25) is 0 Å². The topological polar surface area (TPSA) is 78.5 Å². The third kappa shape index (κ3) is 1.56. The summed E-state index contributed by atoms with van der Waals surface area (Å²) in [7, 11) is 0. The van der Waals surface area contributed by atoms with E-state index in [1.165, 1.54) is 0 Å². The number of rotatable bonds is 2. The van der Waals surface area contributed by atoms with Crippen molar-refractivity contribution in [3.8, 4) is 17.5 Å². The van der Waals surface area contributed by atoms with Crippen molar-refractivity contribution in [2.45, 2.75) is 6.42 Å². The van der Waals surface area contributed by atoms with E-state index in [1.807, 2.05) is 30.3 Å². The average Bonchev–Trinajstić information content (AvgIpc) is 2.95. The van der Waals surface area contributed by atoms with Crippen molar-refractivity contribution in [3.63, 3.8) is 0 Å². The van der Waals surface area contributed by atoms with Crippen LogP contribution in [0.4, 0.5) is 0 Å². The van der Waals surface area contributed by atoms with Gasteiger partial charge in [-0.1, -0.05) is 18.2 Å². The number of hydrogen-bond donors (Lipinski definition) is 1. The molecular weight excluding hydrogens is 216 g/mol. The van der Waals surface area contributed by atoms with Crippen molar-refractivity contribution >= 4 is 11.0 Å². The fraction of sp³-hybridized carbons (Fsp3) is 0.0833. The smallest absolute Gasteiger partial charge is 0.185 e. The Morgan fingerprint density at radius 3 is 3.12 bits per heavy atom. The molecule has 17 heavy (non-hydrogen) atoms. The molecule has 0 radical (unpaired) electrons. The zero-order valence-corrected chi connectivity index (χ0v) is 8.84. The van der Waals surface area contributed by atoms with Gasteiger partial charge in [-0.3, -0.25) is 5.10 Å². The van der Waals surface area contributed by atoms with E-state index in [0.717, 1.165) is 16.5 Å². The minimum Gasteiger partial charge on any atom is -0.464 e. The molecule has 2 heterocycles. The van der Waals surface area contributed by atoms with Gasteiger partial charge < -0.3 is 4.42 Å². The van der Waals surface area contributed by atoms with E-state index >= 15 is 0 Å². The van der Waals surface area contributed by atoms with Crippen LogP contribution in [0, 0.1) is 11.3 Å². The van der Waals surface area contributed by atoms with Crippen LogP contribution < -0.4 is 0 Å². The van der Waals surface area contributed by atoms with E-state index in [2.05, 4.69) is 15.2 Å². The summed E-state index contributed by atoms with van der Waals surface area (Å²) in [5.74, 6) is 1.12. The van der Waals surface area contributed by atoms with Crippen LogP contribution in [0.25, 0.3) is 22.4 Å². The second-order valence-electron chi connectivity index (χ2n) is 3.59. The maximum atomic E-state index is 8.57. The highest BCUT2D eigenvalue weighted by molar-refractivity contribution is 5.91. The molecule has 5 heteroatoms. The lowest BCUT2D eigenvalue weighted by molar-refractivity contribution is 0.616. The van der Waals surface area contributed by atoms with Crippen LogP contribution in [0.3, 0.4) is 0 Å². The minimum atomic E-state index is 0.225. The maximum absolute atomic E-state index is 8.57. The van der Waals surface area contributed by atoms with Gasteiger partial charge in [0.25, 0.3) is 0 Å². The Labute approximate surface area is 96.7 Å². The number of hydrogen-bond acceptors (Lipinski definition) is 4. The number of nitrogens with zero attached hydrogens (tertiary/aromatic N) is 3. The van der Waals surface area contributed by atoms with Gasteiger partial charge in [0.05, 0.1) is 18.1 Å². The molecule has 5 nitrogen and oxygen atoms in total. The van der Waals surface area contributed by atoms with Crippen molar-refractivity contribution in [2.75, 3.05) is 0 Å². The molecule has 0 aliphatic rings. The molecule has 0 aliphatic heterocycles. The Morgan fingerprint density at radius 1 is 1.35 bits per heavy atom. The molecule has 0 spiro atoms. The minimum absolute atomic E-state index is 0.225. The molecule has 3 rings (SSSR count). The van der Waals surface area contributed by atoms with Crippen LogP contribution in [-0.4, -0.2) is 15.2 Å². The van der Waals surface area contributed by atoms with Crippen LogP contribution in [-0.2, 0) is 6.42 Å². The molecule has 1 aromatic carbocycles. The molecule has 0 fully saturated rings. The lowest BCUT2D eigenvalue weighted by Gasteiger charge is -1.89. The molecule has 0 saturated carbocycles. The van der Waals surface area contributed by atoms with Crippen molar-refractivity contribution in [1.82, 2.24) is 15.2 Å². The van der Waals surface area contributed by atoms with Gasteiger partial charge in [-0.15, -0.1) is 0 Å². The normalized spacial score (nSPS) is 10.5. The number of furan rings is 1. The Kier molecular flexibility index (Phi) is 2.12. The molecule has 0 amide bonds. The standard InChI is InChI=1S/C12H8N4O/c13-6-5-11-14-12(16-15-11)9-7-17-10-4-2-1-3-8(9)10/h1-4,7H,5H2,(H,14,15,16). The lowest BCUT2D eigenvalue weighted by Crippen LogP contribution is -1.83. The Bertz CT molecular complexity index is 704. The van der Waals surface area contributed by atoms with Crippen LogP contribution in [0.1, 0.15) is 5.82 Å². The first-order valence-corrected chi connectivity index (χ1v) is 5.13. The zero-order chi connectivity index (χ0) is 11.7. The van der Waals surface area contributed by atoms with E-state index in [-0.39, 0.29) is 6.42 Å². The summed E-state index contributed by atoms with van der Waals surface area (Å²) >= 11 is 0. The van der Waals surface area contributed by atoms with Gasteiger partial charge in [0, 0.05) is 5.39 Å². The number of benzene rings is 1. The summed E-state index contributed by atoms with van der Waals surface area (Å²) < 4.78 is 5.41. The SMILES string of the molecule is N#CCc1nc(-c2coc3ccccc23)n[nH]1. The number of para-hydroxylation sites is 1. The van der Waals surface area contributed by atoms with Crippen LogP contribution in [0.15, 0.2) is 34.9 Å². The highest BCUT2D eigenvalue weighted by Crippen LogP contribution is 2.27. The fourth-order valence-electron chi connectivity index (χ4n) is 1.72. The molecule has 0 aliphatic carbocycles. The van der Waals surface area contributed by atoms with E-state index in [9.17, 15) is 0 Å². The Hall–Kier alpha value is -2.61. The Balaban J connectivity index is 2.11. The molecule has 82 valence electrons. The fourth-order valence-corrected chi connectivity index (χ4v) is 1.72. The van der Waals surface area contributed by atoms with Crippen molar-refractivity contribution in [2.24, 2.45) is 0 Å². The van der Waals surface area contributed by atoms with Crippen LogP contribution >= 0.6 is 0 Å². The van der Waals surface area contributed by atoms with Crippen LogP contribution in [0.5, 0.6) is 0 Å². The van der Waals surface area contributed by atoms with E-state index < -0.39 is 0 Å². The third-order valence-corrected chi connectivity index (χ3v) is 2.50. The Morgan fingerprint density at radius 2 is 2.24 bits per heavy atom. The second kappa shape index (κ2) is 3.76. The van der Waals surface area contributed by atoms with Gasteiger partial charge in [0.15, 0.2) is 5.82 Å². The van der Waals surface area contributed by atoms with Crippen molar-refractivity contribution in [3.05, 3.63) is 36.4 Å². The molecule has 3 aromatic rings. The van der Waals surface area contributed by atoms with Crippen LogP contribution in [0.2, 0.25) is 0 Å². The second-order valence-corrected chi connectivity index (χ2v) is 3.59. The molecular formula is C12H8N4O. The van der Waals surface area contributed by atoms with E-state index in [0.29, 0.717) is 11.6 Å². The highest BCUT2D eigenvalue weighted by Gasteiger charge is 2.12. The number of fused-ring (bicyclic) bond motifs is 1. The summed E-state index contributed by atoms with van der Waals surface area (Å²) in [6.07, 6.45) is 1.85. The summed E-state index contributed by atoms with van der Waals surface area (Å²) in [6, 6.07) is 9.71. The maximum Gasteiger partial charge on any atom is 0.185 e. The summed E-state index contributed by atoms with van der Waals surface area (Å²) in [5.41, 5.74) is 1.63. The van der Waals surface area contributed by atoms with Gasteiger partial charge in [-0.25, -0.2) is 4.98 Å². The molecule has 0 unspecified atom stereocenters. The van der Waals surface area contributed by atoms with Crippen molar-refractivity contribution in [1.29, 1.82) is 5.26 Å². The number of aromatic nitrogens is 3. The summed E-state index contributed by atoms with van der Waals surface area (Å²) in [5, 5.41) is 16.4. The predicted octanol–water partition coefficient (Wildman–Crippen LogP) is 2.28. The third-order valence-electron chi connectivity index (χ3n) is 2.50. The average molecular weight is 224 g/mol. The summed E-state index contributed by atoms with van der Waals surface area (Å²) in [4.78, 5) is 4.24. The monoisotopic (exact) mass is 224 g/mol. The number of nitrogens with one attached hydrogen (secondary N) is 1. The van der Waals surface area contributed by atoms with Gasteiger partial charge in [-0.05, 0) is 6.07 Å². The lowest BCUT2D eigenvalue weighted by atomic mass is 10.2. The van der Waals surface area contributed by atoms with Gasteiger partial charge >= 0.3 is 0 Å². The molecule has 2 aromatic heterocycles. The van der Waals surface area contributed by atoms with Crippen molar-refractivity contribution < 1.29 is 4.42 Å². The quantitative estimate of drug-likeness (QED) is 0.724. The predicted molar refractivity (Wildman–Crippen MR) is 60.9 cm³/mol. The van der Waals surface area contributed by atoms with E-state index in [4.69, 9.17) is 9.68 Å². The van der Waals surface area contributed by atoms with Gasteiger partial charge in [0.1, 0.15) is 17.7 Å². The number of nitriles is 1. The first-order chi connectivity index (χ1) is 8.38. The van der Waals surface area contributed by atoms with Gasteiger partial charge in [-0.2, -0.15) is 10.4 Å². The molecule has 0 atom stereocenters. The molecule has 0 bridgehead atoms.